The average molecular weight is 353 g/mol. The van der Waals surface area contributed by atoms with E-state index in [2.05, 4.69) is 14.5 Å². The lowest BCUT2D eigenvalue weighted by molar-refractivity contribution is 0.0691. The van der Waals surface area contributed by atoms with Crippen LogP contribution in [0.2, 0.25) is 0 Å². The Morgan fingerprint density at radius 1 is 1.27 bits per heavy atom. The number of anilines is 2. The number of aromatic carboxylic acids is 1. The van der Waals surface area contributed by atoms with Crippen LogP contribution in [-0.2, 0) is 6.42 Å². The second-order valence-electron chi connectivity index (χ2n) is 6.78. The molecule has 1 aliphatic carbocycles. The molecule has 3 aromatic rings. The van der Waals surface area contributed by atoms with Crippen LogP contribution in [0, 0.1) is 5.82 Å². The molecule has 0 radical (unpaired) electrons. The highest BCUT2D eigenvalue weighted by Gasteiger charge is 2.28. The van der Waals surface area contributed by atoms with E-state index in [9.17, 15) is 14.3 Å². The average Bonchev–Trinajstić information content (AvgIpc) is 3.40. The molecule has 1 N–H and O–H groups in total. The molecule has 1 saturated carbocycles. The maximum Gasteiger partial charge on any atom is 0.338 e. The van der Waals surface area contributed by atoms with E-state index in [1.165, 1.54) is 6.07 Å². The monoisotopic (exact) mass is 353 g/mol. The zero-order valence-electron chi connectivity index (χ0n) is 13.9. The first-order valence-electron chi connectivity index (χ1n) is 8.64. The van der Waals surface area contributed by atoms with Crippen molar-refractivity contribution in [3.8, 4) is 0 Å². The first-order chi connectivity index (χ1) is 12.6. The number of carboxylic acid groups (broad SMARTS) is 1. The molecule has 3 aromatic heterocycles. The quantitative estimate of drug-likeness (QED) is 0.779. The Bertz CT molecular complexity index is 1040. The Morgan fingerprint density at radius 3 is 2.88 bits per heavy atom. The van der Waals surface area contributed by atoms with Crippen molar-refractivity contribution in [1.29, 1.82) is 0 Å². The summed E-state index contributed by atoms with van der Waals surface area (Å²) >= 11 is 0. The van der Waals surface area contributed by atoms with Gasteiger partial charge in [0.05, 0.1) is 12.5 Å². The largest absolute Gasteiger partial charge is 0.478 e. The van der Waals surface area contributed by atoms with Crippen LogP contribution in [0.15, 0.2) is 24.7 Å². The maximum atomic E-state index is 13.7. The minimum atomic E-state index is -1.31. The summed E-state index contributed by atoms with van der Waals surface area (Å²) in [5.41, 5.74) is 2.37. The summed E-state index contributed by atoms with van der Waals surface area (Å²) in [6.07, 6.45) is 6.82. The normalized spacial score (nSPS) is 16.7. The van der Waals surface area contributed by atoms with Gasteiger partial charge in [-0.25, -0.2) is 24.1 Å². The smallest absolute Gasteiger partial charge is 0.338 e. The summed E-state index contributed by atoms with van der Waals surface area (Å²) in [5, 5.41) is 9.19. The van der Waals surface area contributed by atoms with Crippen LogP contribution in [0.3, 0.4) is 0 Å². The minimum Gasteiger partial charge on any atom is -0.478 e. The molecule has 0 bridgehead atoms. The Labute approximate surface area is 148 Å². The van der Waals surface area contributed by atoms with Crippen LogP contribution in [0.25, 0.3) is 11.2 Å². The highest BCUT2D eigenvalue weighted by atomic mass is 19.1. The molecule has 1 fully saturated rings. The Kier molecular flexibility index (Phi) is 3.22. The van der Waals surface area contributed by atoms with Gasteiger partial charge in [-0.3, -0.25) is 0 Å². The van der Waals surface area contributed by atoms with E-state index in [1.807, 2.05) is 17.3 Å². The van der Waals surface area contributed by atoms with Crippen molar-refractivity contribution >= 4 is 28.8 Å². The van der Waals surface area contributed by atoms with Gasteiger partial charge in [-0.1, -0.05) is 0 Å². The van der Waals surface area contributed by atoms with Gasteiger partial charge in [0.1, 0.15) is 22.7 Å². The lowest BCUT2D eigenvalue weighted by atomic mass is 10.1. The van der Waals surface area contributed by atoms with E-state index in [-0.39, 0.29) is 5.56 Å². The molecule has 0 atom stereocenters. The van der Waals surface area contributed by atoms with Crippen molar-refractivity contribution in [3.05, 3.63) is 41.6 Å². The number of carbonyl (C=O) groups is 1. The van der Waals surface area contributed by atoms with Crippen LogP contribution in [-0.4, -0.2) is 37.1 Å². The zero-order valence-corrected chi connectivity index (χ0v) is 13.9. The van der Waals surface area contributed by atoms with E-state index in [0.717, 1.165) is 54.4 Å². The lowest BCUT2D eigenvalue weighted by Crippen LogP contribution is -2.27. The summed E-state index contributed by atoms with van der Waals surface area (Å²) < 4.78 is 15.8. The summed E-state index contributed by atoms with van der Waals surface area (Å²) in [5.74, 6) is -0.997. The summed E-state index contributed by atoms with van der Waals surface area (Å²) in [7, 11) is 0. The summed E-state index contributed by atoms with van der Waals surface area (Å²) in [4.78, 5) is 26.5. The van der Waals surface area contributed by atoms with Gasteiger partial charge in [0.25, 0.3) is 0 Å². The molecule has 0 spiro atoms. The third-order valence-corrected chi connectivity index (χ3v) is 4.98. The van der Waals surface area contributed by atoms with Gasteiger partial charge >= 0.3 is 5.97 Å². The number of imidazole rings is 1. The van der Waals surface area contributed by atoms with Gasteiger partial charge in [0.2, 0.25) is 0 Å². The van der Waals surface area contributed by atoms with Gasteiger partial charge < -0.3 is 14.6 Å². The van der Waals surface area contributed by atoms with Gasteiger partial charge in [-0.05, 0) is 43.4 Å². The standard InChI is InChI=1S/C18H16FN5O2/c19-13-8-20-15(7-12(13)18(25)26)23-5-1-2-10-6-14-17(22-16(10)23)24(9-21-14)11-3-4-11/h6-9,11H,1-5H2,(H,25,26). The van der Waals surface area contributed by atoms with Gasteiger partial charge in [-0.2, -0.15) is 0 Å². The maximum absolute atomic E-state index is 13.7. The van der Waals surface area contributed by atoms with Crippen molar-refractivity contribution in [2.24, 2.45) is 0 Å². The Morgan fingerprint density at radius 2 is 2.12 bits per heavy atom. The first-order valence-corrected chi connectivity index (χ1v) is 8.64. The molecule has 4 heterocycles. The number of rotatable bonds is 3. The highest BCUT2D eigenvalue weighted by Crippen LogP contribution is 2.39. The van der Waals surface area contributed by atoms with E-state index >= 15 is 0 Å². The molecular formula is C18H16FN5O2. The molecular weight excluding hydrogens is 337 g/mol. The molecule has 132 valence electrons. The van der Waals surface area contributed by atoms with E-state index in [1.54, 1.807) is 0 Å². The van der Waals surface area contributed by atoms with Crippen molar-refractivity contribution in [2.45, 2.75) is 31.7 Å². The fraction of sp³-hybridized carbons (Fsp3) is 0.333. The second kappa shape index (κ2) is 5.48. The number of aryl methyl sites for hydroxylation is 1. The topological polar surface area (TPSA) is 84.1 Å². The van der Waals surface area contributed by atoms with Crippen LogP contribution in [0.1, 0.15) is 41.2 Å². The summed E-state index contributed by atoms with van der Waals surface area (Å²) in [6, 6.07) is 3.78. The van der Waals surface area contributed by atoms with Crippen molar-refractivity contribution in [1.82, 2.24) is 19.5 Å². The zero-order chi connectivity index (χ0) is 17.8. The number of carboxylic acids is 1. The Balaban J connectivity index is 1.65. The second-order valence-corrected chi connectivity index (χ2v) is 6.78. The molecule has 0 amide bonds. The molecule has 0 aromatic carbocycles. The number of aromatic nitrogens is 4. The van der Waals surface area contributed by atoms with Crippen LogP contribution >= 0.6 is 0 Å². The van der Waals surface area contributed by atoms with E-state index in [4.69, 9.17) is 4.98 Å². The number of hydrogen-bond donors (Lipinski definition) is 1. The predicted octanol–water partition coefficient (Wildman–Crippen LogP) is 3.08. The number of pyridine rings is 2. The lowest BCUT2D eigenvalue weighted by Gasteiger charge is -2.29. The summed E-state index contributed by atoms with van der Waals surface area (Å²) in [6.45, 7) is 0.654. The van der Waals surface area contributed by atoms with Gasteiger partial charge in [0.15, 0.2) is 11.5 Å². The van der Waals surface area contributed by atoms with Crippen LogP contribution < -0.4 is 4.90 Å². The predicted molar refractivity (Wildman–Crippen MR) is 92.3 cm³/mol. The molecule has 26 heavy (non-hydrogen) atoms. The van der Waals surface area contributed by atoms with Crippen molar-refractivity contribution in [2.75, 3.05) is 11.4 Å². The van der Waals surface area contributed by atoms with Gasteiger partial charge in [-0.15, -0.1) is 0 Å². The van der Waals surface area contributed by atoms with E-state index < -0.39 is 11.8 Å². The van der Waals surface area contributed by atoms with Crippen LogP contribution in [0.4, 0.5) is 16.0 Å². The Hall–Kier alpha value is -3.03. The molecule has 8 heteroatoms. The minimum absolute atomic E-state index is 0.383. The first kappa shape index (κ1) is 15.2. The molecule has 7 nitrogen and oxygen atoms in total. The van der Waals surface area contributed by atoms with E-state index in [0.29, 0.717) is 18.4 Å². The fourth-order valence-electron chi connectivity index (χ4n) is 3.52. The molecule has 0 saturated heterocycles. The van der Waals surface area contributed by atoms with Crippen molar-refractivity contribution in [3.63, 3.8) is 0 Å². The number of fused-ring (bicyclic) bond motifs is 2. The third-order valence-electron chi connectivity index (χ3n) is 4.98. The highest BCUT2D eigenvalue weighted by molar-refractivity contribution is 5.89. The number of halogens is 1. The number of hydrogen-bond acceptors (Lipinski definition) is 5. The number of nitrogens with zero attached hydrogens (tertiary/aromatic N) is 5. The van der Waals surface area contributed by atoms with Gasteiger partial charge in [0, 0.05) is 12.6 Å². The molecule has 5 rings (SSSR count). The fourth-order valence-corrected chi connectivity index (χ4v) is 3.52. The molecule has 2 aliphatic rings. The van der Waals surface area contributed by atoms with Crippen LogP contribution in [0.5, 0.6) is 0 Å². The third kappa shape index (κ3) is 2.33. The SMILES string of the molecule is O=C(O)c1cc(N2CCCc3cc4ncn(C5CC5)c4nc32)ncc1F. The molecule has 1 aliphatic heterocycles. The van der Waals surface area contributed by atoms with Crippen molar-refractivity contribution < 1.29 is 14.3 Å². The molecule has 0 unspecified atom stereocenters.